The van der Waals surface area contributed by atoms with Crippen molar-refractivity contribution < 1.29 is 9.18 Å². The summed E-state index contributed by atoms with van der Waals surface area (Å²) in [6.45, 7) is 0. The molecular weight excluding hydrogens is 359 g/mol. The van der Waals surface area contributed by atoms with Crippen LogP contribution >= 0.6 is 0 Å². The molecule has 3 aromatic rings. The highest BCUT2D eigenvalue weighted by Crippen LogP contribution is 2.29. The molecule has 0 radical (unpaired) electrons. The van der Waals surface area contributed by atoms with Crippen LogP contribution in [0.2, 0.25) is 0 Å². The van der Waals surface area contributed by atoms with E-state index in [1.807, 2.05) is 10.9 Å². The number of hydrogen-bond acceptors (Lipinski definition) is 4. The van der Waals surface area contributed by atoms with Crippen molar-refractivity contribution in [3.8, 4) is 11.3 Å². The van der Waals surface area contributed by atoms with Gasteiger partial charge >= 0.3 is 6.03 Å². The maximum atomic E-state index is 13.2. The van der Waals surface area contributed by atoms with Gasteiger partial charge in [-0.05, 0) is 43.9 Å². The number of benzene rings is 1. The number of urea groups is 1. The van der Waals surface area contributed by atoms with Crippen LogP contribution in [0.3, 0.4) is 0 Å². The summed E-state index contributed by atoms with van der Waals surface area (Å²) in [6.07, 6.45) is 12.4. The smallest absolute Gasteiger partial charge is 0.319 e. The Morgan fingerprint density at radius 2 is 2.00 bits per heavy atom. The highest BCUT2D eigenvalue weighted by atomic mass is 19.1. The summed E-state index contributed by atoms with van der Waals surface area (Å²) in [4.78, 5) is 20.5. The topological polar surface area (TPSA) is 84.7 Å². The molecule has 2 aromatic heterocycles. The highest BCUT2D eigenvalue weighted by Gasteiger charge is 2.24. The van der Waals surface area contributed by atoms with Gasteiger partial charge in [0.2, 0.25) is 0 Å². The van der Waals surface area contributed by atoms with Gasteiger partial charge in [0, 0.05) is 35.9 Å². The van der Waals surface area contributed by atoms with Gasteiger partial charge in [0.25, 0.3) is 0 Å². The first kappa shape index (κ1) is 18.1. The van der Waals surface area contributed by atoms with Crippen molar-refractivity contribution in [2.45, 2.75) is 37.8 Å². The Balaban J connectivity index is 1.29. The van der Waals surface area contributed by atoms with E-state index >= 15 is 0 Å². The van der Waals surface area contributed by atoms with Crippen molar-refractivity contribution in [1.82, 2.24) is 25.1 Å². The van der Waals surface area contributed by atoms with Gasteiger partial charge in [-0.3, -0.25) is 14.6 Å². The second-order valence-electron chi connectivity index (χ2n) is 6.91. The molecule has 1 saturated carbocycles. The van der Waals surface area contributed by atoms with Crippen LogP contribution in [-0.2, 0) is 0 Å². The van der Waals surface area contributed by atoms with Crippen molar-refractivity contribution in [2.24, 2.45) is 0 Å². The van der Waals surface area contributed by atoms with Gasteiger partial charge in [0.1, 0.15) is 5.82 Å². The summed E-state index contributed by atoms with van der Waals surface area (Å²) in [6, 6.07) is 5.95. The molecule has 8 heteroatoms. The molecule has 0 atom stereocenters. The molecule has 2 N–H and O–H groups in total. The van der Waals surface area contributed by atoms with Gasteiger partial charge in [-0.1, -0.05) is 6.07 Å². The van der Waals surface area contributed by atoms with Gasteiger partial charge in [0.05, 0.1) is 24.1 Å². The van der Waals surface area contributed by atoms with Crippen molar-refractivity contribution in [3.05, 3.63) is 61.1 Å². The number of nitrogens with one attached hydrogen (secondary N) is 2. The molecule has 4 rings (SSSR count). The Hall–Kier alpha value is -3.29. The largest absolute Gasteiger partial charge is 0.335 e. The van der Waals surface area contributed by atoms with E-state index in [9.17, 15) is 9.18 Å². The predicted molar refractivity (Wildman–Crippen MR) is 103 cm³/mol. The lowest BCUT2D eigenvalue weighted by molar-refractivity contribution is 0.236. The van der Waals surface area contributed by atoms with Crippen LogP contribution in [-0.4, -0.2) is 31.8 Å². The average molecular weight is 380 g/mol. The number of amides is 2. The minimum Gasteiger partial charge on any atom is -0.335 e. The second-order valence-corrected chi connectivity index (χ2v) is 6.91. The molecule has 1 aliphatic carbocycles. The summed E-state index contributed by atoms with van der Waals surface area (Å²) in [5.74, 6) is -0.376. The molecule has 2 amide bonds. The van der Waals surface area contributed by atoms with Crippen LogP contribution in [0.25, 0.3) is 11.3 Å². The Morgan fingerprint density at radius 3 is 2.75 bits per heavy atom. The number of hydrogen-bond donors (Lipinski definition) is 2. The lowest BCUT2D eigenvalue weighted by Gasteiger charge is -2.29. The molecule has 0 spiro atoms. The first-order chi connectivity index (χ1) is 13.7. The lowest BCUT2D eigenvalue weighted by Crippen LogP contribution is -2.40. The summed E-state index contributed by atoms with van der Waals surface area (Å²) >= 11 is 0. The van der Waals surface area contributed by atoms with E-state index in [0.29, 0.717) is 11.7 Å². The van der Waals surface area contributed by atoms with Crippen molar-refractivity contribution in [3.63, 3.8) is 0 Å². The molecule has 0 bridgehead atoms. The number of carbonyl (C=O) groups excluding carboxylic acids is 1. The molecule has 28 heavy (non-hydrogen) atoms. The quantitative estimate of drug-likeness (QED) is 0.721. The van der Waals surface area contributed by atoms with Crippen LogP contribution in [0, 0.1) is 5.82 Å². The summed E-state index contributed by atoms with van der Waals surface area (Å²) in [5, 5.41) is 10.1. The molecule has 1 fully saturated rings. The van der Waals surface area contributed by atoms with Crippen LogP contribution in [0.5, 0.6) is 0 Å². The SMILES string of the molecule is O=C(Nc1cccc(F)c1)NC1CCC(n2cc(-c3cnccn3)cn2)CC1. The fourth-order valence-corrected chi connectivity index (χ4v) is 3.52. The van der Waals surface area contributed by atoms with Crippen LogP contribution in [0.1, 0.15) is 31.7 Å². The summed E-state index contributed by atoms with van der Waals surface area (Å²) in [7, 11) is 0. The van der Waals surface area contributed by atoms with Crippen molar-refractivity contribution in [2.75, 3.05) is 5.32 Å². The minimum absolute atomic E-state index is 0.0971. The number of rotatable bonds is 4. The van der Waals surface area contributed by atoms with Crippen LogP contribution < -0.4 is 10.6 Å². The maximum Gasteiger partial charge on any atom is 0.319 e. The van der Waals surface area contributed by atoms with Crippen LogP contribution in [0.15, 0.2) is 55.2 Å². The van der Waals surface area contributed by atoms with Crippen LogP contribution in [0.4, 0.5) is 14.9 Å². The van der Waals surface area contributed by atoms with E-state index in [-0.39, 0.29) is 17.9 Å². The van der Waals surface area contributed by atoms with E-state index < -0.39 is 0 Å². The molecule has 0 unspecified atom stereocenters. The molecular formula is C20H21FN6O. The van der Waals surface area contributed by atoms with Gasteiger partial charge in [-0.25, -0.2) is 9.18 Å². The number of halogens is 1. The van der Waals surface area contributed by atoms with Gasteiger partial charge in [-0.15, -0.1) is 0 Å². The summed E-state index contributed by atoms with van der Waals surface area (Å²) < 4.78 is 15.2. The number of anilines is 1. The Labute approximate surface area is 162 Å². The zero-order valence-corrected chi connectivity index (χ0v) is 15.3. The Morgan fingerprint density at radius 1 is 1.14 bits per heavy atom. The maximum absolute atomic E-state index is 13.2. The first-order valence-electron chi connectivity index (χ1n) is 9.31. The zero-order chi connectivity index (χ0) is 19.3. The molecule has 2 heterocycles. The minimum atomic E-state index is -0.376. The van der Waals surface area contributed by atoms with Gasteiger partial charge in [0.15, 0.2) is 0 Å². The first-order valence-corrected chi connectivity index (χ1v) is 9.31. The fraction of sp³-hybridized carbons (Fsp3) is 0.300. The monoisotopic (exact) mass is 380 g/mol. The van der Waals surface area contributed by atoms with Crippen molar-refractivity contribution >= 4 is 11.7 Å². The molecule has 1 aromatic carbocycles. The predicted octanol–water partition coefficient (Wildman–Crippen LogP) is 3.78. The number of aromatic nitrogens is 4. The highest BCUT2D eigenvalue weighted by molar-refractivity contribution is 5.89. The third-order valence-electron chi connectivity index (χ3n) is 4.95. The van der Waals surface area contributed by atoms with Gasteiger partial charge < -0.3 is 10.6 Å². The third-order valence-corrected chi connectivity index (χ3v) is 4.95. The summed E-state index contributed by atoms with van der Waals surface area (Å²) in [5.41, 5.74) is 2.19. The average Bonchev–Trinajstić information content (AvgIpc) is 3.19. The third kappa shape index (κ3) is 4.33. The molecule has 7 nitrogen and oxygen atoms in total. The van der Waals surface area contributed by atoms with Crippen molar-refractivity contribution in [1.29, 1.82) is 0 Å². The Bertz CT molecular complexity index is 937. The second kappa shape index (κ2) is 8.16. The van der Waals surface area contributed by atoms with E-state index in [4.69, 9.17) is 0 Å². The zero-order valence-electron chi connectivity index (χ0n) is 15.3. The molecule has 144 valence electrons. The molecule has 0 aliphatic heterocycles. The van der Waals surface area contributed by atoms with E-state index in [1.54, 1.807) is 36.9 Å². The van der Waals surface area contributed by atoms with E-state index in [1.165, 1.54) is 12.1 Å². The number of nitrogens with zero attached hydrogens (tertiary/aromatic N) is 4. The van der Waals surface area contributed by atoms with E-state index in [2.05, 4.69) is 25.7 Å². The Kier molecular flexibility index (Phi) is 5.27. The normalized spacial score (nSPS) is 19.2. The standard InChI is InChI=1S/C20H21FN6O/c21-15-2-1-3-17(10-15)26-20(28)25-16-4-6-18(7-5-16)27-13-14(11-24-27)19-12-22-8-9-23-19/h1-3,8-13,16,18H,4-7H2,(H2,25,26,28). The van der Waals surface area contributed by atoms with E-state index in [0.717, 1.165) is 36.9 Å². The fourth-order valence-electron chi connectivity index (χ4n) is 3.52. The lowest BCUT2D eigenvalue weighted by atomic mass is 9.91. The van der Waals surface area contributed by atoms with Gasteiger partial charge in [-0.2, -0.15) is 5.10 Å². The molecule has 0 saturated heterocycles. The molecule has 1 aliphatic rings. The number of carbonyl (C=O) groups is 1.